The van der Waals surface area contributed by atoms with Gasteiger partial charge in [0.1, 0.15) is 11.0 Å². The lowest BCUT2D eigenvalue weighted by Gasteiger charge is -2.18. The van der Waals surface area contributed by atoms with E-state index in [0.717, 1.165) is 0 Å². The fourth-order valence-electron chi connectivity index (χ4n) is 1.65. The molecule has 4 nitrogen and oxygen atoms in total. The minimum Gasteiger partial charge on any atom is -0.389 e. The summed E-state index contributed by atoms with van der Waals surface area (Å²) >= 11 is 11.1. The maximum atomic E-state index is 11.9. The Balaban J connectivity index is 2.80. The predicted molar refractivity (Wildman–Crippen MR) is 88.3 cm³/mol. The molecule has 4 N–H and O–H groups in total. The third-order valence-electron chi connectivity index (χ3n) is 2.71. The SMILES string of the molecule is CC(C)CNC(=O)C(C)Nc1cccc(Cl)c1C(N)=S. The van der Waals surface area contributed by atoms with E-state index in [9.17, 15) is 4.79 Å². The Bertz CT molecular complexity index is 505. The van der Waals surface area contributed by atoms with Gasteiger partial charge in [-0.05, 0) is 25.0 Å². The predicted octanol–water partition coefficient (Wildman–Crippen LogP) is 2.55. The number of nitrogens with two attached hydrogens (primary N) is 1. The molecule has 0 bridgehead atoms. The fourth-order valence-corrected chi connectivity index (χ4v) is 2.20. The molecule has 0 heterocycles. The van der Waals surface area contributed by atoms with Gasteiger partial charge in [-0.3, -0.25) is 4.79 Å². The smallest absolute Gasteiger partial charge is 0.242 e. The number of anilines is 1. The van der Waals surface area contributed by atoms with Gasteiger partial charge < -0.3 is 16.4 Å². The number of hydrogen-bond acceptors (Lipinski definition) is 3. The lowest BCUT2D eigenvalue weighted by atomic mass is 10.1. The highest BCUT2D eigenvalue weighted by molar-refractivity contribution is 7.80. The van der Waals surface area contributed by atoms with Crippen molar-refractivity contribution in [1.82, 2.24) is 5.32 Å². The summed E-state index contributed by atoms with van der Waals surface area (Å²) in [6, 6.07) is 4.89. The average Bonchev–Trinajstić information content (AvgIpc) is 2.35. The molecule has 110 valence electrons. The molecule has 1 unspecified atom stereocenters. The summed E-state index contributed by atoms with van der Waals surface area (Å²) < 4.78 is 0. The van der Waals surface area contributed by atoms with Gasteiger partial charge in [-0.2, -0.15) is 0 Å². The summed E-state index contributed by atoms with van der Waals surface area (Å²) in [5, 5.41) is 6.43. The van der Waals surface area contributed by atoms with Crippen LogP contribution in [0.2, 0.25) is 5.02 Å². The van der Waals surface area contributed by atoms with Crippen LogP contribution in [-0.2, 0) is 4.79 Å². The van der Waals surface area contributed by atoms with Crippen LogP contribution < -0.4 is 16.4 Å². The molecule has 1 aromatic carbocycles. The Morgan fingerprint density at radius 2 is 2.05 bits per heavy atom. The Kier molecular flexibility index (Phi) is 6.23. The fraction of sp³-hybridized carbons (Fsp3) is 0.429. The van der Waals surface area contributed by atoms with E-state index in [2.05, 4.69) is 10.6 Å². The maximum absolute atomic E-state index is 11.9. The van der Waals surface area contributed by atoms with Gasteiger partial charge in [0.05, 0.1) is 10.6 Å². The molecule has 1 rings (SSSR count). The number of benzene rings is 1. The molecule has 0 fully saturated rings. The standard InChI is InChI=1S/C14H20ClN3OS/c1-8(2)7-17-14(19)9(3)18-11-6-4-5-10(15)12(11)13(16)20/h4-6,8-9,18H,7H2,1-3H3,(H2,16,20)(H,17,19). The second-order valence-corrected chi connectivity index (χ2v) is 5.88. The second-order valence-electron chi connectivity index (χ2n) is 5.03. The van der Waals surface area contributed by atoms with E-state index in [1.165, 1.54) is 0 Å². The van der Waals surface area contributed by atoms with Crippen LogP contribution >= 0.6 is 23.8 Å². The minimum absolute atomic E-state index is 0.0763. The van der Waals surface area contributed by atoms with E-state index < -0.39 is 6.04 Å². The first-order valence-electron chi connectivity index (χ1n) is 6.45. The first-order valence-corrected chi connectivity index (χ1v) is 7.24. The van der Waals surface area contributed by atoms with E-state index in [1.807, 2.05) is 13.8 Å². The van der Waals surface area contributed by atoms with E-state index in [4.69, 9.17) is 29.6 Å². The van der Waals surface area contributed by atoms with Crippen molar-refractivity contribution < 1.29 is 4.79 Å². The van der Waals surface area contributed by atoms with E-state index in [1.54, 1.807) is 25.1 Å². The molecule has 0 aromatic heterocycles. The highest BCUT2D eigenvalue weighted by Crippen LogP contribution is 2.24. The van der Waals surface area contributed by atoms with Gasteiger partial charge in [-0.25, -0.2) is 0 Å². The van der Waals surface area contributed by atoms with Crippen LogP contribution in [0, 0.1) is 5.92 Å². The largest absolute Gasteiger partial charge is 0.389 e. The molecule has 0 spiro atoms. The van der Waals surface area contributed by atoms with Crippen molar-refractivity contribution in [3.05, 3.63) is 28.8 Å². The quantitative estimate of drug-likeness (QED) is 0.706. The number of hydrogen-bond donors (Lipinski definition) is 3. The molecule has 1 aromatic rings. The Morgan fingerprint density at radius 1 is 1.40 bits per heavy atom. The van der Waals surface area contributed by atoms with Crippen molar-refractivity contribution in [2.24, 2.45) is 11.7 Å². The lowest BCUT2D eigenvalue weighted by Crippen LogP contribution is -2.39. The molecule has 0 radical (unpaired) electrons. The third kappa shape index (κ3) is 4.65. The highest BCUT2D eigenvalue weighted by Gasteiger charge is 2.16. The summed E-state index contributed by atoms with van der Waals surface area (Å²) in [7, 11) is 0. The van der Waals surface area contributed by atoms with Crippen molar-refractivity contribution in [3.63, 3.8) is 0 Å². The summed E-state index contributed by atoms with van der Waals surface area (Å²) in [6.45, 7) is 6.50. The summed E-state index contributed by atoms with van der Waals surface area (Å²) in [5.74, 6) is 0.331. The highest BCUT2D eigenvalue weighted by atomic mass is 35.5. The van der Waals surface area contributed by atoms with Crippen molar-refractivity contribution >= 4 is 40.4 Å². The number of amides is 1. The monoisotopic (exact) mass is 313 g/mol. The summed E-state index contributed by atoms with van der Waals surface area (Å²) in [5.41, 5.74) is 6.90. The zero-order valence-corrected chi connectivity index (χ0v) is 13.4. The van der Waals surface area contributed by atoms with Gasteiger partial charge in [0.25, 0.3) is 0 Å². The van der Waals surface area contributed by atoms with E-state index in [-0.39, 0.29) is 10.9 Å². The van der Waals surface area contributed by atoms with Crippen LogP contribution in [0.25, 0.3) is 0 Å². The van der Waals surface area contributed by atoms with Crippen molar-refractivity contribution in [2.45, 2.75) is 26.8 Å². The molecular weight excluding hydrogens is 294 g/mol. The zero-order chi connectivity index (χ0) is 15.3. The summed E-state index contributed by atoms with van der Waals surface area (Å²) in [4.78, 5) is 12.1. The van der Waals surface area contributed by atoms with Gasteiger partial charge in [0.2, 0.25) is 5.91 Å². The molecule has 6 heteroatoms. The van der Waals surface area contributed by atoms with Crippen molar-refractivity contribution in [3.8, 4) is 0 Å². The Morgan fingerprint density at radius 3 is 2.60 bits per heavy atom. The third-order valence-corrected chi connectivity index (χ3v) is 3.23. The molecule has 0 aliphatic heterocycles. The molecule has 1 amide bonds. The molecule has 0 aliphatic rings. The van der Waals surface area contributed by atoms with Gasteiger partial charge in [-0.1, -0.05) is 43.7 Å². The van der Waals surface area contributed by atoms with Crippen molar-refractivity contribution in [1.29, 1.82) is 0 Å². The minimum atomic E-state index is -0.402. The van der Waals surface area contributed by atoms with E-state index >= 15 is 0 Å². The second kappa shape index (κ2) is 7.45. The maximum Gasteiger partial charge on any atom is 0.242 e. The number of halogens is 1. The number of carbonyl (C=O) groups is 1. The van der Waals surface area contributed by atoms with Crippen LogP contribution in [0.5, 0.6) is 0 Å². The van der Waals surface area contributed by atoms with Gasteiger partial charge >= 0.3 is 0 Å². The van der Waals surface area contributed by atoms with Crippen LogP contribution in [-0.4, -0.2) is 23.5 Å². The number of nitrogens with one attached hydrogen (secondary N) is 2. The summed E-state index contributed by atoms with van der Waals surface area (Å²) in [6.07, 6.45) is 0. The number of thiocarbonyl (C=S) groups is 1. The molecule has 0 saturated carbocycles. The molecule has 0 saturated heterocycles. The van der Waals surface area contributed by atoms with Crippen LogP contribution in [0.15, 0.2) is 18.2 Å². The molecule has 0 aliphatic carbocycles. The first kappa shape index (κ1) is 16.7. The van der Waals surface area contributed by atoms with E-state index in [0.29, 0.717) is 28.7 Å². The molecular formula is C14H20ClN3OS. The topological polar surface area (TPSA) is 67.2 Å². The Hall–Kier alpha value is -1.33. The lowest BCUT2D eigenvalue weighted by molar-refractivity contribution is -0.121. The van der Waals surface area contributed by atoms with Crippen LogP contribution in [0.4, 0.5) is 5.69 Å². The number of carbonyl (C=O) groups excluding carboxylic acids is 1. The zero-order valence-electron chi connectivity index (χ0n) is 11.9. The average molecular weight is 314 g/mol. The van der Waals surface area contributed by atoms with Gasteiger partial charge in [-0.15, -0.1) is 0 Å². The Labute approximate surface area is 130 Å². The molecule has 20 heavy (non-hydrogen) atoms. The van der Waals surface area contributed by atoms with Crippen LogP contribution in [0.3, 0.4) is 0 Å². The van der Waals surface area contributed by atoms with Crippen molar-refractivity contribution in [2.75, 3.05) is 11.9 Å². The first-order chi connectivity index (χ1) is 9.32. The number of rotatable bonds is 6. The molecule has 1 atom stereocenters. The van der Waals surface area contributed by atoms with Gasteiger partial charge in [0.15, 0.2) is 0 Å². The van der Waals surface area contributed by atoms with Crippen LogP contribution in [0.1, 0.15) is 26.3 Å². The van der Waals surface area contributed by atoms with Gasteiger partial charge in [0, 0.05) is 12.2 Å². The normalized spacial score (nSPS) is 12.1.